The normalized spacial score (nSPS) is 11.8. The van der Waals surface area contributed by atoms with Crippen LogP contribution in [0.25, 0.3) is 93.6 Å². The minimum absolute atomic E-state index is 0.100. The molecule has 64 heavy (non-hydrogen) atoms. The van der Waals surface area contributed by atoms with Crippen LogP contribution in [0.15, 0.2) is 243 Å². The fourth-order valence-corrected chi connectivity index (χ4v) is 10.5. The predicted octanol–water partition coefficient (Wildman–Crippen LogP) is 13.2. The molecule has 10 aromatic carbocycles. The standard InChI is InChI=1S/C60H40BN3/c1-5-19-43(20-6-1)61(44-21-7-2-8-22-44)45-33-35-58-52(38-45)51-37-42(32-34-57(51)62(58)46-23-9-3-10-24-46)41-18-17-27-48(36-41)64-56-31-16-14-29-50(56)54-39-53-49-28-13-15-30-55(49)63(59(53)40-60(54)64)47-25-11-4-12-26-47/h1-40H. The molecule has 13 aromatic rings. The van der Waals surface area contributed by atoms with E-state index in [2.05, 4.69) is 256 Å². The molecule has 0 aliphatic rings. The third-order valence-electron chi connectivity index (χ3n) is 13.3. The summed E-state index contributed by atoms with van der Waals surface area (Å²) in [4.78, 5) is 0. The first-order valence-electron chi connectivity index (χ1n) is 22.1. The van der Waals surface area contributed by atoms with Crippen LogP contribution in [0, 0.1) is 0 Å². The molecule has 3 heterocycles. The SMILES string of the molecule is c1ccc(B(c2ccccc2)c2ccc3c(c2)c2cc(-c4cccc(-n5c6ccccc6c6cc7c8ccccc8n(-c8ccccc8)c7cc65)c4)ccc2n3-c2ccccc2)cc1. The fraction of sp³-hybridized carbons (Fsp3) is 0. The summed E-state index contributed by atoms with van der Waals surface area (Å²) in [6, 6.07) is 89.0. The first kappa shape index (κ1) is 36.3. The third-order valence-corrected chi connectivity index (χ3v) is 13.3. The lowest BCUT2D eigenvalue weighted by molar-refractivity contribution is 1.16. The van der Waals surface area contributed by atoms with Gasteiger partial charge in [-0.1, -0.05) is 180 Å². The van der Waals surface area contributed by atoms with Crippen molar-refractivity contribution in [3.05, 3.63) is 243 Å². The molecule has 0 unspecified atom stereocenters. The zero-order valence-electron chi connectivity index (χ0n) is 35.0. The molecule has 0 N–H and O–H groups in total. The number of benzene rings is 10. The summed E-state index contributed by atoms with van der Waals surface area (Å²) >= 11 is 0. The molecule has 13 rings (SSSR count). The number of nitrogens with zero attached hydrogens (tertiary/aromatic N) is 3. The van der Waals surface area contributed by atoms with Gasteiger partial charge < -0.3 is 13.7 Å². The Morgan fingerprint density at radius 2 is 0.641 bits per heavy atom. The van der Waals surface area contributed by atoms with Crippen molar-refractivity contribution in [2.24, 2.45) is 0 Å². The average molecular weight is 814 g/mol. The molecule has 0 aliphatic heterocycles. The molecule has 0 saturated carbocycles. The summed E-state index contributed by atoms with van der Waals surface area (Å²) in [6.45, 7) is 0.100. The van der Waals surface area contributed by atoms with Crippen LogP contribution in [0.1, 0.15) is 0 Å². The summed E-state index contributed by atoms with van der Waals surface area (Å²) in [5.41, 5.74) is 16.8. The molecular formula is C60H40BN3. The maximum atomic E-state index is 2.46. The summed E-state index contributed by atoms with van der Waals surface area (Å²) < 4.78 is 7.29. The van der Waals surface area contributed by atoms with E-state index in [0.717, 1.165) is 17.1 Å². The average Bonchev–Trinajstić information content (AvgIpc) is 3.99. The maximum absolute atomic E-state index is 2.46. The molecule has 4 heteroatoms. The van der Waals surface area contributed by atoms with Gasteiger partial charge in [0.2, 0.25) is 6.71 Å². The molecule has 0 spiro atoms. The van der Waals surface area contributed by atoms with Crippen molar-refractivity contribution in [2.75, 3.05) is 0 Å². The van der Waals surface area contributed by atoms with Crippen molar-refractivity contribution < 1.29 is 0 Å². The monoisotopic (exact) mass is 813 g/mol. The van der Waals surface area contributed by atoms with Crippen LogP contribution < -0.4 is 16.4 Å². The predicted molar refractivity (Wildman–Crippen MR) is 272 cm³/mol. The fourth-order valence-electron chi connectivity index (χ4n) is 10.5. The summed E-state index contributed by atoms with van der Waals surface area (Å²) in [5.74, 6) is 0. The van der Waals surface area contributed by atoms with E-state index in [1.807, 2.05) is 0 Å². The molecule has 3 aromatic heterocycles. The van der Waals surface area contributed by atoms with Gasteiger partial charge in [-0.2, -0.15) is 0 Å². The van der Waals surface area contributed by atoms with Crippen LogP contribution >= 0.6 is 0 Å². The summed E-state index contributed by atoms with van der Waals surface area (Å²) in [6.07, 6.45) is 0. The lowest BCUT2D eigenvalue weighted by Crippen LogP contribution is -2.51. The molecule has 0 saturated heterocycles. The molecule has 0 amide bonds. The number of fused-ring (bicyclic) bond motifs is 9. The minimum Gasteiger partial charge on any atom is -0.309 e. The Kier molecular flexibility index (Phi) is 8.32. The van der Waals surface area contributed by atoms with E-state index in [0.29, 0.717) is 0 Å². The molecule has 0 bridgehead atoms. The van der Waals surface area contributed by atoms with Gasteiger partial charge in [-0.25, -0.2) is 0 Å². The van der Waals surface area contributed by atoms with Gasteiger partial charge in [0.15, 0.2) is 0 Å². The highest BCUT2D eigenvalue weighted by molar-refractivity contribution is 6.95. The summed E-state index contributed by atoms with van der Waals surface area (Å²) in [5, 5.41) is 7.49. The molecular weight excluding hydrogens is 773 g/mol. The molecule has 0 atom stereocenters. The number of hydrogen-bond acceptors (Lipinski definition) is 0. The number of hydrogen-bond donors (Lipinski definition) is 0. The van der Waals surface area contributed by atoms with Crippen molar-refractivity contribution in [1.82, 2.24) is 13.7 Å². The second kappa shape index (κ2) is 14.6. The Balaban J connectivity index is 1.01. The van der Waals surface area contributed by atoms with E-state index in [4.69, 9.17) is 0 Å². The smallest absolute Gasteiger partial charge is 0.241 e. The molecule has 298 valence electrons. The number of aromatic nitrogens is 3. The van der Waals surface area contributed by atoms with Crippen molar-refractivity contribution >= 4 is 88.5 Å². The van der Waals surface area contributed by atoms with Gasteiger partial charge >= 0.3 is 0 Å². The quantitative estimate of drug-likeness (QED) is 0.142. The molecule has 0 aliphatic carbocycles. The highest BCUT2D eigenvalue weighted by Gasteiger charge is 2.24. The number of rotatable bonds is 7. The van der Waals surface area contributed by atoms with Crippen molar-refractivity contribution in [2.45, 2.75) is 0 Å². The van der Waals surface area contributed by atoms with Crippen molar-refractivity contribution in [3.8, 4) is 28.2 Å². The van der Waals surface area contributed by atoms with Gasteiger partial charge in [0, 0.05) is 49.4 Å². The Bertz CT molecular complexity index is 3840. The van der Waals surface area contributed by atoms with Crippen LogP contribution in [0.2, 0.25) is 0 Å². The van der Waals surface area contributed by atoms with Gasteiger partial charge in [-0.3, -0.25) is 0 Å². The molecule has 3 nitrogen and oxygen atoms in total. The van der Waals surface area contributed by atoms with Gasteiger partial charge in [0.25, 0.3) is 0 Å². The molecule has 0 fully saturated rings. The second-order valence-corrected chi connectivity index (χ2v) is 16.9. The Morgan fingerprint density at radius 3 is 1.23 bits per heavy atom. The van der Waals surface area contributed by atoms with Gasteiger partial charge in [-0.15, -0.1) is 0 Å². The Labute approximate surface area is 371 Å². The zero-order valence-corrected chi connectivity index (χ0v) is 35.0. The van der Waals surface area contributed by atoms with Crippen LogP contribution in [0.3, 0.4) is 0 Å². The van der Waals surface area contributed by atoms with Crippen molar-refractivity contribution in [1.29, 1.82) is 0 Å². The van der Waals surface area contributed by atoms with E-state index < -0.39 is 0 Å². The van der Waals surface area contributed by atoms with E-state index in [-0.39, 0.29) is 6.71 Å². The second-order valence-electron chi connectivity index (χ2n) is 16.9. The van der Waals surface area contributed by atoms with Crippen LogP contribution in [-0.2, 0) is 0 Å². The Hall–Kier alpha value is -8.34. The zero-order chi connectivity index (χ0) is 42.1. The summed E-state index contributed by atoms with van der Waals surface area (Å²) in [7, 11) is 0. The maximum Gasteiger partial charge on any atom is 0.241 e. The van der Waals surface area contributed by atoms with Gasteiger partial charge in [-0.05, 0) is 90.0 Å². The highest BCUT2D eigenvalue weighted by Crippen LogP contribution is 2.41. The van der Waals surface area contributed by atoms with E-state index >= 15 is 0 Å². The topological polar surface area (TPSA) is 14.8 Å². The molecule has 0 radical (unpaired) electrons. The van der Waals surface area contributed by atoms with E-state index in [9.17, 15) is 0 Å². The largest absolute Gasteiger partial charge is 0.309 e. The first-order chi connectivity index (χ1) is 31.8. The third kappa shape index (κ3) is 5.70. The van der Waals surface area contributed by atoms with Crippen LogP contribution in [-0.4, -0.2) is 20.4 Å². The van der Waals surface area contributed by atoms with Crippen LogP contribution in [0.4, 0.5) is 0 Å². The number of para-hydroxylation sites is 4. The lowest BCUT2D eigenvalue weighted by atomic mass is 9.37. The highest BCUT2D eigenvalue weighted by atomic mass is 15.0. The van der Waals surface area contributed by atoms with E-state index in [1.165, 1.54) is 92.9 Å². The van der Waals surface area contributed by atoms with Gasteiger partial charge in [0.05, 0.1) is 33.1 Å². The van der Waals surface area contributed by atoms with Crippen molar-refractivity contribution in [3.63, 3.8) is 0 Å². The first-order valence-corrected chi connectivity index (χ1v) is 22.1. The van der Waals surface area contributed by atoms with E-state index in [1.54, 1.807) is 0 Å². The minimum atomic E-state index is 0.100. The van der Waals surface area contributed by atoms with Crippen LogP contribution in [0.5, 0.6) is 0 Å². The lowest BCUT2D eigenvalue weighted by Gasteiger charge is -2.16. The van der Waals surface area contributed by atoms with Gasteiger partial charge in [0.1, 0.15) is 0 Å². The Morgan fingerprint density at radius 1 is 0.219 bits per heavy atom.